The minimum atomic E-state index is -0.511. The van der Waals surface area contributed by atoms with Gasteiger partial charge in [-0.1, -0.05) is 19.8 Å². The van der Waals surface area contributed by atoms with Gasteiger partial charge >= 0.3 is 0 Å². The molecule has 2 rings (SSSR count). The highest BCUT2D eigenvalue weighted by molar-refractivity contribution is 6.08. The van der Waals surface area contributed by atoms with Gasteiger partial charge in [0, 0.05) is 6.54 Å². The summed E-state index contributed by atoms with van der Waals surface area (Å²) in [6, 6.07) is 3.69. The van der Waals surface area contributed by atoms with Crippen LogP contribution in [0.4, 0.5) is 17.1 Å². The molecule has 0 saturated carbocycles. The number of nitrogen functional groups attached to an aromatic ring is 2. The SMILES string of the molecule is CCCCCN1C(=O)C(C)(C)c2cc(N)c(N)cc21. The van der Waals surface area contributed by atoms with Gasteiger partial charge in [0.25, 0.3) is 0 Å². The first-order chi connectivity index (χ1) is 8.89. The van der Waals surface area contributed by atoms with Crippen molar-refractivity contribution >= 4 is 23.0 Å². The van der Waals surface area contributed by atoms with Gasteiger partial charge in [-0.05, 0) is 38.0 Å². The van der Waals surface area contributed by atoms with Crippen LogP contribution in [0.5, 0.6) is 0 Å². The zero-order valence-electron chi connectivity index (χ0n) is 12.0. The summed E-state index contributed by atoms with van der Waals surface area (Å²) in [5.41, 5.74) is 14.3. The van der Waals surface area contributed by atoms with Gasteiger partial charge in [0.05, 0.1) is 22.5 Å². The largest absolute Gasteiger partial charge is 0.397 e. The summed E-state index contributed by atoms with van der Waals surface area (Å²) in [4.78, 5) is 14.4. The Morgan fingerprint density at radius 3 is 2.42 bits per heavy atom. The molecule has 1 aliphatic heterocycles. The molecule has 104 valence electrons. The third-order valence-electron chi connectivity index (χ3n) is 3.93. The fourth-order valence-corrected chi connectivity index (χ4v) is 2.65. The van der Waals surface area contributed by atoms with E-state index in [2.05, 4.69) is 6.92 Å². The summed E-state index contributed by atoms with van der Waals surface area (Å²) in [7, 11) is 0. The van der Waals surface area contributed by atoms with Crippen LogP contribution in [0.25, 0.3) is 0 Å². The minimum Gasteiger partial charge on any atom is -0.397 e. The van der Waals surface area contributed by atoms with Crippen LogP contribution < -0.4 is 16.4 Å². The number of amides is 1. The van der Waals surface area contributed by atoms with Gasteiger partial charge in [0.2, 0.25) is 5.91 Å². The van der Waals surface area contributed by atoms with Gasteiger partial charge in [-0.3, -0.25) is 4.79 Å². The average molecular weight is 261 g/mol. The molecule has 0 bridgehead atoms. The summed E-state index contributed by atoms with van der Waals surface area (Å²) >= 11 is 0. The molecule has 0 unspecified atom stereocenters. The van der Waals surface area contributed by atoms with E-state index < -0.39 is 5.41 Å². The standard InChI is InChI=1S/C15H23N3O/c1-4-5-6-7-18-13-9-12(17)11(16)8-10(13)15(2,3)14(18)19/h8-9H,4-7,16-17H2,1-3H3. The molecule has 1 amide bonds. The van der Waals surface area contributed by atoms with Crippen LogP contribution in [-0.2, 0) is 10.2 Å². The number of carbonyl (C=O) groups is 1. The monoisotopic (exact) mass is 261 g/mol. The van der Waals surface area contributed by atoms with E-state index >= 15 is 0 Å². The summed E-state index contributed by atoms with van der Waals surface area (Å²) in [5.74, 6) is 0.142. The Hall–Kier alpha value is -1.71. The summed E-state index contributed by atoms with van der Waals surface area (Å²) in [5, 5.41) is 0. The first kappa shape index (κ1) is 13.7. The van der Waals surface area contributed by atoms with Crippen molar-refractivity contribution in [3.63, 3.8) is 0 Å². The van der Waals surface area contributed by atoms with Crippen molar-refractivity contribution in [3.05, 3.63) is 17.7 Å². The molecular formula is C15H23N3O. The number of rotatable bonds is 4. The van der Waals surface area contributed by atoms with Crippen LogP contribution in [0.3, 0.4) is 0 Å². The molecule has 0 aromatic heterocycles. The molecule has 1 aromatic rings. The van der Waals surface area contributed by atoms with Crippen LogP contribution in [0.15, 0.2) is 12.1 Å². The molecule has 0 saturated heterocycles. The molecule has 0 aliphatic carbocycles. The Balaban J connectivity index is 2.39. The number of unbranched alkanes of at least 4 members (excludes halogenated alkanes) is 2. The van der Waals surface area contributed by atoms with Crippen molar-refractivity contribution in [2.24, 2.45) is 0 Å². The number of carbonyl (C=O) groups excluding carboxylic acids is 1. The van der Waals surface area contributed by atoms with Gasteiger partial charge in [-0.25, -0.2) is 0 Å². The Kier molecular flexibility index (Phi) is 3.43. The van der Waals surface area contributed by atoms with Crippen LogP contribution >= 0.6 is 0 Å². The third-order valence-corrected chi connectivity index (χ3v) is 3.93. The topological polar surface area (TPSA) is 72.3 Å². The number of benzene rings is 1. The maximum atomic E-state index is 12.5. The first-order valence-corrected chi connectivity index (χ1v) is 6.91. The highest BCUT2D eigenvalue weighted by atomic mass is 16.2. The van der Waals surface area contributed by atoms with Crippen molar-refractivity contribution in [1.82, 2.24) is 0 Å². The van der Waals surface area contributed by atoms with Crippen LogP contribution in [0.1, 0.15) is 45.6 Å². The highest BCUT2D eigenvalue weighted by Gasteiger charge is 2.43. The third kappa shape index (κ3) is 2.15. The molecular weight excluding hydrogens is 238 g/mol. The average Bonchev–Trinajstić information content (AvgIpc) is 2.52. The molecule has 19 heavy (non-hydrogen) atoms. The lowest BCUT2D eigenvalue weighted by Crippen LogP contribution is -2.36. The molecule has 0 atom stereocenters. The quantitative estimate of drug-likeness (QED) is 0.646. The lowest BCUT2D eigenvalue weighted by atomic mass is 9.86. The Morgan fingerprint density at radius 1 is 1.16 bits per heavy atom. The molecule has 0 radical (unpaired) electrons. The Morgan fingerprint density at radius 2 is 1.79 bits per heavy atom. The Bertz CT molecular complexity index is 508. The van der Waals surface area contributed by atoms with E-state index in [-0.39, 0.29) is 5.91 Å². The van der Waals surface area contributed by atoms with Crippen molar-refractivity contribution in [2.75, 3.05) is 22.9 Å². The summed E-state index contributed by atoms with van der Waals surface area (Å²) < 4.78 is 0. The van der Waals surface area contributed by atoms with Crippen molar-refractivity contribution in [1.29, 1.82) is 0 Å². The van der Waals surface area contributed by atoms with Crippen molar-refractivity contribution in [3.8, 4) is 0 Å². The maximum Gasteiger partial charge on any atom is 0.237 e. The molecule has 1 heterocycles. The zero-order chi connectivity index (χ0) is 14.2. The number of anilines is 3. The van der Waals surface area contributed by atoms with E-state index in [9.17, 15) is 4.79 Å². The summed E-state index contributed by atoms with van der Waals surface area (Å²) in [6.07, 6.45) is 3.29. The van der Waals surface area contributed by atoms with E-state index in [0.717, 1.165) is 37.1 Å². The second-order valence-corrected chi connectivity index (χ2v) is 5.79. The first-order valence-electron chi connectivity index (χ1n) is 6.91. The van der Waals surface area contributed by atoms with Crippen molar-refractivity contribution in [2.45, 2.75) is 45.4 Å². The molecule has 4 N–H and O–H groups in total. The van der Waals surface area contributed by atoms with E-state index in [0.29, 0.717) is 11.4 Å². The van der Waals surface area contributed by atoms with Crippen LogP contribution in [0.2, 0.25) is 0 Å². The molecule has 1 aliphatic rings. The predicted octanol–water partition coefficient (Wildman–Crippen LogP) is 2.67. The second kappa shape index (κ2) is 4.76. The normalized spacial score (nSPS) is 16.8. The molecule has 4 heteroatoms. The second-order valence-electron chi connectivity index (χ2n) is 5.79. The molecule has 1 aromatic carbocycles. The molecule has 0 fully saturated rings. The number of fused-ring (bicyclic) bond motifs is 1. The maximum absolute atomic E-state index is 12.5. The number of nitrogens with two attached hydrogens (primary N) is 2. The lowest BCUT2D eigenvalue weighted by Gasteiger charge is -2.20. The number of hydrogen-bond donors (Lipinski definition) is 2. The van der Waals surface area contributed by atoms with E-state index in [1.54, 1.807) is 0 Å². The zero-order valence-corrected chi connectivity index (χ0v) is 12.0. The van der Waals surface area contributed by atoms with E-state index in [1.807, 2.05) is 30.9 Å². The van der Waals surface area contributed by atoms with Crippen molar-refractivity contribution < 1.29 is 4.79 Å². The predicted molar refractivity (Wildman–Crippen MR) is 80.2 cm³/mol. The van der Waals surface area contributed by atoms with Gasteiger partial charge < -0.3 is 16.4 Å². The van der Waals surface area contributed by atoms with E-state index in [1.165, 1.54) is 0 Å². The van der Waals surface area contributed by atoms with Crippen LogP contribution in [0, 0.1) is 0 Å². The smallest absolute Gasteiger partial charge is 0.237 e. The van der Waals surface area contributed by atoms with Crippen LogP contribution in [-0.4, -0.2) is 12.5 Å². The van der Waals surface area contributed by atoms with Gasteiger partial charge in [-0.15, -0.1) is 0 Å². The van der Waals surface area contributed by atoms with Gasteiger partial charge in [0.15, 0.2) is 0 Å². The lowest BCUT2D eigenvalue weighted by molar-refractivity contribution is -0.122. The number of nitrogens with zero attached hydrogens (tertiary/aromatic N) is 1. The number of hydrogen-bond acceptors (Lipinski definition) is 3. The fraction of sp³-hybridized carbons (Fsp3) is 0.533. The Labute approximate surface area is 114 Å². The molecule has 4 nitrogen and oxygen atoms in total. The minimum absolute atomic E-state index is 0.142. The van der Waals surface area contributed by atoms with Gasteiger partial charge in [0.1, 0.15) is 0 Å². The molecule has 0 spiro atoms. The highest BCUT2D eigenvalue weighted by Crippen LogP contribution is 2.44. The fourth-order valence-electron chi connectivity index (χ4n) is 2.65. The summed E-state index contributed by atoms with van der Waals surface area (Å²) in [6.45, 7) is 6.81. The van der Waals surface area contributed by atoms with E-state index in [4.69, 9.17) is 11.5 Å². The van der Waals surface area contributed by atoms with Gasteiger partial charge in [-0.2, -0.15) is 0 Å².